The molecule has 0 bridgehead atoms. The lowest BCUT2D eigenvalue weighted by Crippen LogP contribution is -2.28. The summed E-state index contributed by atoms with van der Waals surface area (Å²) in [6, 6.07) is 33.4. The minimum atomic E-state index is 0.0677. The molecule has 5 aromatic rings. The molecule has 0 saturated heterocycles. The second kappa shape index (κ2) is 11.3. The normalized spacial score (nSPS) is 16.2. The van der Waals surface area contributed by atoms with Crippen molar-refractivity contribution in [2.75, 3.05) is 0 Å². The Labute approximate surface area is 255 Å². The lowest BCUT2D eigenvalue weighted by atomic mass is 9.64. The Hall–Kier alpha value is -4.43. The highest BCUT2D eigenvalue weighted by Crippen LogP contribution is 2.52. The third-order valence-corrected chi connectivity index (χ3v) is 8.81. The number of hydrogen-bond donors (Lipinski definition) is 0. The molecule has 2 aliphatic rings. The number of aryl methyl sites for hydroxylation is 1. The largest absolute Gasteiger partial charge is 0.488 e. The predicted octanol–water partition coefficient (Wildman–Crippen LogP) is 10.8. The lowest BCUT2D eigenvalue weighted by Gasteiger charge is -2.40. The van der Waals surface area contributed by atoms with Gasteiger partial charge in [0.15, 0.2) is 0 Å². The number of ether oxygens (including phenoxy) is 1. The van der Waals surface area contributed by atoms with Gasteiger partial charge in [-0.3, -0.25) is 4.79 Å². The van der Waals surface area contributed by atoms with E-state index < -0.39 is 0 Å². The van der Waals surface area contributed by atoms with Crippen molar-refractivity contribution in [1.29, 1.82) is 0 Å². The summed E-state index contributed by atoms with van der Waals surface area (Å²) in [7, 11) is 0. The maximum absolute atomic E-state index is 10.5. The SMILES string of the molecule is Cc1ccc(COc2cccc3ccc4c(c23)C(C)(C)CC2=C4C=CC(C)(C)C2)cc1.O=Cc1ccc2ccccc2c1. The quantitative estimate of drug-likeness (QED) is 0.203. The van der Waals surface area contributed by atoms with Gasteiger partial charge >= 0.3 is 0 Å². The maximum atomic E-state index is 10.5. The number of aldehydes is 1. The van der Waals surface area contributed by atoms with Gasteiger partial charge in [-0.2, -0.15) is 0 Å². The van der Waals surface area contributed by atoms with Gasteiger partial charge in [0, 0.05) is 10.9 Å². The first kappa shape index (κ1) is 28.7. The monoisotopic (exact) mass is 564 g/mol. The second-order valence-corrected chi connectivity index (χ2v) is 13.4. The lowest BCUT2D eigenvalue weighted by molar-refractivity contribution is 0.112. The van der Waals surface area contributed by atoms with Crippen molar-refractivity contribution < 1.29 is 9.53 Å². The molecular weight excluding hydrogens is 524 g/mol. The molecule has 0 aromatic heterocycles. The van der Waals surface area contributed by atoms with E-state index in [1.807, 2.05) is 42.5 Å². The van der Waals surface area contributed by atoms with Crippen LogP contribution in [0.2, 0.25) is 0 Å². The molecule has 2 nitrogen and oxygen atoms in total. The van der Waals surface area contributed by atoms with Crippen LogP contribution >= 0.6 is 0 Å². The zero-order chi connectivity index (χ0) is 30.2. The van der Waals surface area contributed by atoms with Gasteiger partial charge in [0.2, 0.25) is 0 Å². The Morgan fingerprint density at radius 3 is 2.26 bits per heavy atom. The third kappa shape index (κ3) is 5.92. The molecule has 0 radical (unpaired) electrons. The molecule has 0 heterocycles. The molecule has 43 heavy (non-hydrogen) atoms. The van der Waals surface area contributed by atoms with Gasteiger partial charge < -0.3 is 4.74 Å². The molecule has 0 N–H and O–H groups in total. The van der Waals surface area contributed by atoms with E-state index in [0.29, 0.717) is 6.61 Å². The highest BCUT2D eigenvalue weighted by molar-refractivity contribution is 5.98. The van der Waals surface area contributed by atoms with Gasteiger partial charge in [-0.25, -0.2) is 0 Å². The molecule has 2 aliphatic carbocycles. The first-order valence-electron chi connectivity index (χ1n) is 15.2. The summed E-state index contributed by atoms with van der Waals surface area (Å²) in [6.07, 6.45) is 7.87. The summed E-state index contributed by atoms with van der Waals surface area (Å²) in [5, 5.41) is 4.82. The molecule has 0 fully saturated rings. The number of allylic oxidation sites excluding steroid dienone is 4. The number of rotatable bonds is 4. The van der Waals surface area contributed by atoms with Crippen LogP contribution < -0.4 is 4.74 Å². The van der Waals surface area contributed by atoms with Gasteiger partial charge in [-0.1, -0.05) is 136 Å². The standard InChI is InChI=1S/C30H32O.C11H8O/c1-20-9-11-21(12-10-20)19-31-26-8-6-7-22-13-14-25-24-15-16-29(2,3)17-23(24)18-30(4,5)28(25)27(22)26;12-8-9-5-6-10-3-1-2-4-11(10)7-9/h6-16H,17-19H2,1-5H3;1-8H. The summed E-state index contributed by atoms with van der Waals surface area (Å²) >= 11 is 0. The topological polar surface area (TPSA) is 26.3 Å². The van der Waals surface area contributed by atoms with Crippen molar-refractivity contribution in [3.05, 3.63) is 143 Å². The molecule has 7 rings (SSSR count). The van der Waals surface area contributed by atoms with Crippen molar-refractivity contribution in [1.82, 2.24) is 0 Å². The zero-order valence-corrected chi connectivity index (χ0v) is 25.9. The molecule has 0 amide bonds. The van der Waals surface area contributed by atoms with Crippen LogP contribution in [0, 0.1) is 12.3 Å². The van der Waals surface area contributed by atoms with Crippen molar-refractivity contribution >= 4 is 33.4 Å². The van der Waals surface area contributed by atoms with Crippen LogP contribution in [0.4, 0.5) is 0 Å². The number of carbonyl (C=O) groups is 1. The number of fused-ring (bicyclic) bond motifs is 5. The highest BCUT2D eigenvalue weighted by atomic mass is 16.5. The second-order valence-electron chi connectivity index (χ2n) is 13.4. The third-order valence-electron chi connectivity index (χ3n) is 8.81. The average Bonchev–Trinajstić information content (AvgIpc) is 2.99. The average molecular weight is 565 g/mol. The fourth-order valence-electron chi connectivity index (χ4n) is 6.71. The molecule has 0 atom stereocenters. The Balaban J connectivity index is 0.000000229. The molecular formula is C41H40O2. The molecule has 216 valence electrons. The first-order valence-corrected chi connectivity index (χ1v) is 15.2. The fraction of sp³-hybridized carbons (Fsp3) is 0.244. The van der Waals surface area contributed by atoms with Crippen molar-refractivity contribution in [2.24, 2.45) is 5.41 Å². The first-order chi connectivity index (χ1) is 20.6. The van der Waals surface area contributed by atoms with Crippen molar-refractivity contribution in [2.45, 2.75) is 59.5 Å². The van der Waals surface area contributed by atoms with Crippen LogP contribution in [0.15, 0.2) is 115 Å². The molecule has 5 aromatic carbocycles. The summed E-state index contributed by atoms with van der Waals surface area (Å²) < 4.78 is 6.44. The van der Waals surface area contributed by atoms with Gasteiger partial charge in [0.25, 0.3) is 0 Å². The van der Waals surface area contributed by atoms with E-state index in [1.165, 1.54) is 44.0 Å². The van der Waals surface area contributed by atoms with E-state index >= 15 is 0 Å². The van der Waals surface area contributed by atoms with Crippen LogP contribution in [-0.2, 0) is 12.0 Å². The Morgan fingerprint density at radius 2 is 1.49 bits per heavy atom. The minimum Gasteiger partial charge on any atom is -0.488 e. The maximum Gasteiger partial charge on any atom is 0.150 e. The number of carbonyl (C=O) groups excluding carboxylic acids is 1. The van der Waals surface area contributed by atoms with Gasteiger partial charge in [0.05, 0.1) is 0 Å². The van der Waals surface area contributed by atoms with Crippen LogP contribution in [0.1, 0.15) is 73.1 Å². The van der Waals surface area contributed by atoms with E-state index in [1.54, 1.807) is 5.57 Å². The molecule has 0 saturated carbocycles. The predicted molar refractivity (Wildman–Crippen MR) is 181 cm³/mol. The Morgan fingerprint density at radius 1 is 0.767 bits per heavy atom. The number of benzene rings is 5. The van der Waals surface area contributed by atoms with Gasteiger partial charge in [-0.05, 0) is 81.2 Å². The molecule has 0 unspecified atom stereocenters. The highest BCUT2D eigenvalue weighted by Gasteiger charge is 2.37. The van der Waals surface area contributed by atoms with Gasteiger partial charge in [0.1, 0.15) is 18.6 Å². The van der Waals surface area contributed by atoms with Gasteiger partial charge in [-0.15, -0.1) is 0 Å². The zero-order valence-electron chi connectivity index (χ0n) is 25.9. The summed E-state index contributed by atoms with van der Waals surface area (Å²) in [5.74, 6) is 0.993. The van der Waals surface area contributed by atoms with Crippen LogP contribution in [0.3, 0.4) is 0 Å². The van der Waals surface area contributed by atoms with E-state index in [-0.39, 0.29) is 10.8 Å². The molecule has 2 heteroatoms. The molecule has 0 aliphatic heterocycles. The molecule has 0 spiro atoms. The Kier molecular flexibility index (Phi) is 7.56. The summed E-state index contributed by atoms with van der Waals surface area (Å²) in [5.41, 5.74) is 9.38. The summed E-state index contributed by atoms with van der Waals surface area (Å²) in [6.45, 7) is 12.2. The minimum absolute atomic E-state index is 0.0677. The summed E-state index contributed by atoms with van der Waals surface area (Å²) in [4.78, 5) is 10.5. The number of hydrogen-bond acceptors (Lipinski definition) is 2. The van der Waals surface area contributed by atoms with E-state index in [4.69, 9.17) is 4.74 Å². The van der Waals surface area contributed by atoms with Crippen LogP contribution in [0.5, 0.6) is 5.75 Å². The van der Waals surface area contributed by atoms with Crippen LogP contribution in [-0.4, -0.2) is 6.29 Å². The smallest absolute Gasteiger partial charge is 0.150 e. The van der Waals surface area contributed by atoms with E-state index in [0.717, 1.165) is 35.8 Å². The fourth-order valence-corrected chi connectivity index (χ4v) is 6.71. The van der Waals surface area contributed by atoms with Crippen molar-refractivity contribution in [3.8, 4) is 5.75 Å². The van der Waals surface area contributed by atoms with Crippen LogP contribution in [0.25, 0.3) is 27.1 Å². The van der Waals surface area contributed by atoms with Crippen molar-refractivity contribution in [3.63, 3.8) is 0 Å². The van der Waals surface area contributed by atoms with E-state index in [9.17, 15) is 4.79 Å². The Bertz CT molecular complexity index is 1880. The van der Waals surface area contributed by atoms with E-state index in [2.05, 4.69) is 101 Å².